The first-order valence-corrected chi connectivity index (χ1v) is 8.67. The molecule has 0 saturated carbocycles. The molecule has 1 atom stereocenters. The molecular weight excluding hydrogens is 526 g/mol. The quantitative estimate of drug-likeness (QED) is 0.322. The van der Waals surface area contributed by atoms with E-state index >= 15 is 0 Å². The Kier molecular flexibility index (Phi) is 5.58. The van der Waals surface area contributed by atoms with Gasteiger partial charge in [0.25, 0.3) is 5.82 Å². The van der Waals surface area contributed by atoms with Crippen molar-refractivity contribution in [1.29, 1.82) is 10.5 Å². The van der Waals surface area contributed by atoms with Gasteiger partial charge in [-0.3, -0.25) is 5.73 Å². The van der Waals surface area contributed by atoms with E-state index in [1.54, 1.807) is 23.9 Å². The molecule has 112 valence electrons. The Morgan fingerprint density at radius 3 is 2.68 bits per heavy atom. The minimum Gasteiger partial charge on any atom is -1.00 e. The molecule has 0 saturated heterocycles. The van der Waals surface area contributed by atoms with Crippen molar-refractivity contribution in [3.8, 4) is 23.5 Å². The molecule has 0 aliphatic carbocycles. The highest BCUT2D eigenvalue weighted by Gasteiger charge is 2.37. The highest BCUT2D eigenvalue weighted by atomic mass is 127. The van der Waals surface area contributed by atoms with Crippen LogP contribution < -0.4 is 34.3 Å². The fraction of sp³-hybridized carbons (Fsp3) is 0.214. The molecule has 1 aliphatic heterocycles. The van der Waals surface area contributed by atoms with Gasteiger partial charge in [-0.05, 0) is 12.1 Å². The van der Waals surface area contributed by atoms with E-state index in [-0.39, 0.29) is 30.0 Å². The number of pyridine rings is 1. The highest BCUT2D eigenvalue weighted by molar-refractivity contribution is 14.1. The van der Waals surface area contributed by atoms with E-state index in [2.05, 4.69) is 34.7 Å². The number of nitrogen functional groups attached to an aromatic ring is 1. The maximum absolute atomic E-state index is 9.58. The van der Waals surface area contributed by atoms with Crippen LogP contribution in [-0.4, -0.2) is 10.2 Å². The number of thioether (sulfide) groups is 1. The van der Waals surface area contributed by atoms with Crippen molar-refractivity contribution in [2.24, 2.45) is 0 Å². The van der Waals surface area contributed by atoms with Crippen LogP contribution in [0.5, 0.6) is 0 Å². The molecule has 2 N–H and O–H groups in total. The fourth-order valence-electron chi connectivity index (χ4n) is 2.46. The summed E-state index contributed by atoms with van der Waals surface area (Å²) >= 11 is 3.90. The van der Waals surface area contributed by atoms with Crippen LogP contribution in [0.3, 0.4) is 0 Å². The molecule has 0 aromatic carbocycles. The number of furan rings is 1. The molecule has 0 bridgehead atoms. The number of halogens is 2. The van der Waals surface area contributed by atoms with Crippen molar-refractivity contribution in [1.82, 2.24) is 0 Å². The van der Waals surface area contributed by atoms with Crippen LogP contribution in [0, 0.1) is 22.7 Å². The Morgan fingerprint density at radius 1 is 1.41 bits per heavy atom. The predicted octanol–water partition coefficient (Wildman–Crippen LogP) is -0.355. The van der Waals surface area contributed by atoms with E-state index in [9.17, 15) is 10.5 Å². The summed E-state index contributed by atoms with van der Waals surface area (Å²) in [5.41, 5.74) is 7.48. The topological polar surface area (TPSA) is 90.6 Å². The summed E-state index contributed by atoms with van der Waals surface area (Å²) in [5, 5.41) is 19.9. The predicted molar refractivity (Wildman–Crippen MR) is 86.8 cm³/mol. The normalized spacial score (nSPS) is 15.5. The second kappa shape index (κ2) is 7.06. The van der Waals surface area contributed by atoms with Crippen LogP contribution in [0.25, 0.3) is 11.3 Å². The number of alkyl halides is 1. The smallest absolute Gasteiger partial charge is 0.292 e. The summed E-state index contributed by atoms with van der Waals surface area (Å²) in [4.78, 5) is 0. The minimum atomic E-state index is 0. The average molecular weight is 536 g/mol. The molecule has 1 aliphatic rings. The van der Waals surface area contributed by atoms with Gasteiger partial charge in [-0.15, -0.1) is 0 Å². The summed E-state index contributed by atoms with van der Waals surface area (Å²) in [5.74, 6) is 1.76. The first-order chi connectivity index (χ1) is 10.2. The molecule has 0 amide bonds. The lowest BCUT2D eigenvalue weighted by Crippen LogP contribution is -3.00. The summed E-state index contributed by atoms with van der Waals surface area (Å²) in [6.07, 6.45) is 1.52. The van der Waals surface area contributed by atoms with E-state index in [1.165, 1.54) is 6.26 Å². The first kappa shape index (κ1) is 17.4. The zero-order valence-electron chi connectivity index (χ0n) is 11.2. The van der Waals surface area contributed by atoms with Crippen LogP contribution in [0.2, 0.25) is 0 Å². The standard InChI is InChI=1S/C14H9IN4OS.HI/c15-4-8-7-21-14-10(6-17)12(11-2-1-3-20-11)9(5-16)13(18)19(8)14;/h1-3,8,18H,4,7H2;1H. The van der Waals surface area contributed by atoms with E-state index < -0.39 is 0 Å². The molecule has 0 fully saturated rings. The Labute approximate surface area is 162 Å². The van der Waals surface area contributed by atoms with Gasteiger partial charge >= 0.3 is 0 Å². The van der Waals surface area contributed by atoms with Crippen LogP contribution in [0.4, 0.5) is 5.82 Å². The molecule has 0 radical (unpaired) electrons. The van der Waals surface area contributed by atoms with E-state index in [4.69, 9.17) is 10.2 Å². The number of nitrogens with two attached hydrogens (primary N) is 1. The molecular formula is C14H10I2N4OS. The van der Waals surface area contributed by atoms with Gasteiger partial charge in [0.2, 0.25) is 0 Å². The molecule has 22 heavy (non-hydrogen) atoms. The van der Waals surface area contributed by atoms with Crippen LogP contribution >= 0.6 is 34.4 Å². The average Bonchev–Trinajstić information content (AvgIpc) is 3.16. The van der Waals surface area contributed by atoms with E-state index in [0.717, 1.165) is 15.2 Å². The maximum Gasteiger partial charge on any atom is 0.292 e. The van der Waals surface area contributed by atoms with Gasteiger partial charge in [0.1, 0.15) is 29.5 Å². The Balaban J connectivity index is 0.00000176. The highest BCUT2D eigenvalue weighted by Crippen LogP contribution is 2.39. The van der Waals surface area contributed by atoms with Gasteiger partial charge in [-0.1, -0.05) is 34.4 Å². The maximum atomic E-state index is 9.58. The van der Waals surface area contributed by atoms with Gasteiger partial charge in [-0.25, -0.2) is 4.57 Å². The third-order valence-corrected chi connectivity index (χ3v) is 5.64. The summed E-state index contributed by atoms with van der Waals surface area (Å²) in [7, 11) is 0. The summed E-state index contributed by atoms with van der Waals surface area (Å²) < 4.78 is 8.19. The Bertz CT molecular complexity index is 793. The molecule has 3 rings (SSSR count). The number of hydrogen-bond donors (Lipinski definition) is 1. The number of nitrogens with zero attached hydrogens (tertiary/aromatic N) is 3. The largest absolute Gasteiger partial charge is 1.00 e. The monoisotopic (exact) mass is 536 g/mol. The second-order valence-electron chi connectivity index (χ2n) is 4.51. The summed E-state index contributed by atoms with van der Waals surface area (Å²) in [6, 6.07) is 8.03. The second-order valence-corrected chi connectivity index (χ2v) is 6.39. The first-order valence-electron chi connectivity index (χ1n) is 6.16. The molecule has 2 aromatic rings. The van der Waals surface area contributed by atoms with Gasteiger partial charge < -0.3 is 28.4 Å². The van der Waals surface area contributed by atoms with Crippen molar-refractivity contribution in [3.05, 3.63) is 29.5 Å². The molecule has 5 nitrogen and oxygen atoms in total. The van der Waals surface area contributed by atoms with Crippen LogP contribution in [0.1, 0.15) is 17.2 Å². The van der Waals surface area contributed by atoms with Crippen molar-refractivity contribution in [2.75, 3.05) is 15.9 Å². The van der Waals surface area contributed by atoms with E-state index in [0.29, 0.717) is 28.3 Å². The molecule has 0 spiro atoms. The number of rotatable bonds is 2. The Morgan fingerprint density at radius 2 is 2.14 bits per heavy atom. The lowest BCUT2D eigenvalue weighted by Gasteiger charge is -2.12. The van der Waals surface area contributed by atoms with Gasteiger partial charge in [0.15, 0.2) is 10.6 Å². The van der Waals surface area contributed by atoms with Gasteiger partial charge in [0, 0.05) is 10.2 Å². The minimum absolute atomic E-state index is 0. The van der Waals surface area contributed by atoms with E-state index in [1.807, 2.05) is 4.57 Å². The van der Waals surface area contributed by atoms with Crippen LogP contribution in [0.15, 0.2) is 27.8 Å². The Hall–Kier alpha value is -0.980. The number of aromatic nitrogens is 1. The zero-order chi connectivity index (χ0) is 15.0. The molecule has 1 unspecified atom stereocenters. The molecule has 2 aromatic heterocycles. The third-order valence-electron chi connectivity index (χ3n) is 3.40. The summed E-state index contributed by atoms with van der Waals surface area (Å²) in [6.45, 7) is 0. The third kappa shape index (κ3) is 2.57. The van der Waals surface area contributed by atoms with Crippen molar-refractivity contribution in [2.45, 2.75) is 11.1 Å². The lowest BCUT2D eigenvalue weighted by molar-refractivity contribution is -0.729. The van der Waals surface area contributed by atoms with Crippen molar-refractivity contribution < 1.29 is 33.0 Å². The SMILES string of the molecule is N#Cc1c(-c2ccco2)c(C#N)c2[n+](c1N)C(CI)CS2.[I-]. The number of nitriles is 2. The fourth-order valence-corrected chi connectivity index (χ4v) is 4.89. The van der Waals surface area contributed by atoms with Gasteiger partial charge in [0.05, 0.1) is 11.8 Å². The number of hydrogen-bond acceptors (Lipinski definition) is 5. The zero-order valence-corrected chi connectivity index (χ0v) is 16.3. The molecule has 8 heteroatoms. The molecule has 3 heterocycles. The number of fused-ring (bicyclic) bond motifs is 1. The lowest BCUT2D eigenvalue weighted by atomic mass is 10.0. The van der Waals surface area contributed by atoms with Crippen molar-refractivity contribution in [3.63, 3.8) is 0 Å². The van der Waals surface area contributed by atoms with Crippen LogP contribution in [-0.2, 0) is 0 Å². The van der Waals surface area contributed by atoms with Gasteiger partial charge in [-0.2, -0.15) is 10.5 Å². The van der Waals surface area contributed by atoms with Crippen molar-refractivity contribution >= 4 is 40.2 Å². The number of anilines is 1.